The first-order chi connectivity index (χ1) is 10.9. The summed E-state index contributed by atoms with van der Waals surface area (Å²) in [4.78, 5) is 16.0. The molecule has 0 spiro atoms. The molecular formula is C14H14ClF3N2O3. The van der Waals surface area contributed by atoms with Crippen LogP contribution in [0.1, 0.15) is 23.1 Å². The summed E-state index contributed by atoms with van der Waals surface area (Å²) in [7, 11) is 0. The van der Waals surface area contributed by atoms with Crippen LogP contribution >= 0.6 is 11.6 Å². The van der Waals surface area contributed by atoms with Gasteiger partial charge in [0, 0.05) is 6.54 Å². The quantitative estimate of drug-likeness (QED) is 0.591. The van der Waals surface area contributed by atoms with Gasteiger partial charge in [-0.25, -0.2) is 9.78 Å². The van der Waals surface area contributed by atoms with E-state index in [0.717, 1.165) is 0 Å². The van der Waals surface area contributed by atoms with E-state index >= 15 is 0 Å². The molecule has 0 radical (unpaired) electrons. The summed E-state index contributed by atoms with van der Waals surface area (Å²) in [6, 6.07) is 4.66. The van der Waals surface area contributed by atoms with Crippen LogP contribution < -0.4 is 0 Å². The molecule has 2 aromatic rings. The number of rotatable bonds is 6. The molecule has 0 aliphatic carbocycles. The predicted molar refractivity (Wildman–Crippen MR) is 77.3 cm³/mol. The van der Waals surface area contributed by atoms with E-state index in [1.807, 2.05) is 0 Å². The normalized spacial score (nSPS) is 11.9. The molecule has 1 aromatic carbocycles. The number of hydrogen-bond donors (Lipinski definition) is 0. The van der Waals surface area contributed by atoms with Gasteiger partial charge in [-0.05, 0) is 25.1 Å². The van der Waals surface area contributed by atoms with Crippen molar-refractivity contribution in [1.82, 2.24) is 9.55 Å². The highest BCUT2D eigenvalue weighted by molar-refractivity contribution is 6.16. The summed E-state index contributed by atoms with van der Waals surface area (Å²) >= 11 is 5.79. The van der Waals surface area contributed by atoms with Crippen molar-refractivity contribution in [3.05, 3.63) is 29.6 Å². The Morgan fingerprint density at radius 3 is 2.74 bits per heavy atom. The van der Waals surface area contributed by atoms with Crippen LogP contribution in [0, 0.1) is 0 Å². The van der Waals surface area contributed by atoms with Gasteiger partial charge in [-0.15, -0.1) is 24.8 Å². The van der Waals surface area contributed by atoms with Crippen molar-refractivity contribution in [2.75, 3.05) is 13.2 Å². The maximum absolute atomic E-state index is 12.1. The third-order valence-electron chi connectivity index (χ3n) is 3.04. The average molecular weight is 351 g/mol. The molecule has 0 aliphatic rings. The van der Waals surface area contributed by atoms with Crippen molar-refractivity contribution in [2.24, 2.45) is 0 Å². The topological polar surface area (TPSA) is 53.3 Å². The number of esters is 1. The number of halogens is 4. The summed E-state index contributed by atoms with van der Waals surface area (Å²) < 4.78 is 46.5. The highest BCUT2D eigenvalue weighted by atomic mass is 35.5. The summed E-state index contributed by atoms with van der Waals surface area (Å²) in [6.45, 7) is 1.23. The highest BCUT2D eigenvalue weighted by Gasteiger charge is 2.28. The maximum Gasteiger partial charge on any atom is 0.522 e. The van der Waals surface area contributed by atoms with Gasteiger partial charge in [-0.3, -0.25) is 4.74 Å². The van der Waals surface area contributed by atoms with E-state index in [1.165, 1.54) is 10.6 Å². The molecule has 0 N–H and O–H groups in total. The molecule has 23 heavy (non-hydrogen) atoms. The number of aromatic nitrogens is 2. The number of nitrogens with zero attached hydrogens (tertiary/aromatic N) is 2. The SMILES string of the molecule is CCOC(=O)c1ccc2nc(CCl)n(CCOC(F)(F)F)c2c1. The second-order valence-electron chi connectivity index (χ2n) is 4.53. The Labute approximate surface area is 134 Å². The monoisotopic (exact) mass is 350 g/mol. The minimum Gasteiger partial charge on any atom is -0.462 e. The van der Waals surface area contributed by atoms with Crippen LogP contribution in [0.4, 0.5) is 13.2 Å². The van der Waals surface area contributed by atoms with E-state index in [4.69, 9.17) is 16.3 Å². The fourth-order valence-corrected chi connectivity index (χ4v) is 2.32. The van der Waals surface area contributed by atoms with Crippen LogP contribution in [0.25, 0.3) is 11.0 Å². The largest absolute Gasteiger partial charge is 0.522 e. The van der Waals surface area contributed by atoms with E-state index in [1.54, 1.807) is 19.1 Å². The Balaban J connectivity index is 2.32. The van der Waals surface area contributed by atoms with Gasteiger partial charge in [0.2, 0.25) is 0 Å². The predicted octanol–water partition coefficient (Wildman–Crippen LogP) is 3.49. The van der Waals surface area contributed by atoms with Gasteiger partial charge in [0.1, 0.15) is 5.82 Å². The second kappa shape index (κ2) is 7.18. The van der Waals surface area contributed by atoms with Gasteiger partial charge >= 0.3 is 12.3 Å². The van der Waals surface area contributed by atoms with E-state index < -0.39 is 18.9 Å². The van der Waals surface area contributed by atoms with E-state index in [2.05, 4.69) is 9.72 Å². The van der Waals surface area contributed by atoms with E-state index in [-0.39, 0.29) is 19.0 Å². The standard InChI is InChI=1S/C14H14ClF3N2O3/c1-2-22-13(21)9-3-4-10-11(7-9)20(12(8-15)19-10)5-6-23-14(16,17)18/h3-4,7H,2,5-6,8H2,1H3. The fourth-order valence-electron chi connectivity index (χ4n) is 2.12. The van der Waals surface area contributed by atoms with Crippen LogP contribution in [0.15, 0.2) is 18.2 Å². The third-order valence-corrected chi connectivity index (χ3v) is 3.28. The number of benzene rings is 1. The van der Waals surface area contributed by atoms with Crippen molar-refractivity contribution in [2.45, 2.75) is 25.7 Å². The zero-order valence-corrected chi connectivity index (χ0v) is 12.9. The molecule has 0 aliphatic heterocycles. The smallest absolute Gasteiger partial charge is 0.462 e. The lowest BCUT2D eigenvalue weighted by Gasteiger charge is -2.10. The number of imidazole rings is 1. The van der Waals surface area contributed by atoms with Crippen molar-refractivity contribution >= 4 is 28.6 Å². The number of carbonyl (C=O) groups is 1. The lowest BCUT2D eigenvalue weighted by atomic mass is 10.2. The zero-order valence-electron chi connectivity index (χ0n) is 12.2. The average Bonchev–Trinajstić information content (AvgIpc) is 2.83. The minimum atomic E-state index is -4.70. The Kier molecular flexibility index (Phi) is 5.48. The molecule has 2 rings (SSSR count). The number of hydrogen-bond acceptors (Lipinski definition) is 4. The van der Waals surface area contributed by atoms with E-state index in [9.17, 15) is 18.0 Å². The molecule has 5 nitrogen and oxygen atoms in total. The number of carbonyl (C=O) groups excluding carboxylic acids is 1. The maximum atomic E-state index is 12.1. The molecule has 0 fully saturated rings. The van der Waals surface area contributed by atoms with Crippen molar-refractivity contribution in [3.63, 3.8) is 0 Å². The molecule has 126 valence electrons. The van der Waals surface area contributed by atoms with Crippen LogP contribution in [-0.4, -0.2) is 35.1 Å². The molecule has 1 aromatic heterocycles. The molecule has 1 heterocycles. The van der Waals surface area contributed by atoms with Crippen LogP contribution in [-0.2, 0) is 21.9 Å². The molecule has 0 amide bonds. The summed E-state index contributed by atoms with van der Waals surface area (Å²) in [5.41, 5.74) is 1.32. The Morgan fingerprint density at radius 2 is 2.13 bits per heavy atom. The number of ether oxygens (including phenoxy) is 2. The van der Waals surface area contributed by atoms with Gasteiger partial charge in [0.25, 0.3) is 0 Å². The van der Waals surface area contributed by atoms with Crippen LogP contribution in [0.3, 0.4) is 0 Å². The zero-order chi connectivity index (χ0) is 17.0. The molecule has 0 saturated carbocycles. The molecule has 0 atom stereocenters. The summed E-state index contributed by atoms with van der Waals surface area (Å²) in [6.07, 6.45) is -4.70. The van der Waals surface area contributed by atoms with Gasteiger partial charge in [-0.2, -0.15) is 0 Å². The van der Waals surface area contributed by atoms with Gasteiger partial charge < -0.3 is 9.30 Å². The number of alkyl halides is 4. The molecule has 9 heteroatoms. The summed E-state index contributed by atoms with van der Waals surface area (Å²) in [5, 5.41) is 0. The first-order valence-electron chi connectivity index (χ1n) is 6.78. The van der Waals surface area contributed by atoms with E-state index in [0.29, 0.717) is 22.4 Å². The lowest BCUT2D eigenvalue weighted by molar-refractivity contribution is -0.325. The van der Waals surface area contributed by atoms with Gasteiger partial charge in [0.15, 0.2) is 0 Å². The van der Waals surface area contributed by atoms with Gasteiger partial charge in [0.05, 0.1) is 35.7 Å². The first kappa shape index (κ1) is 17.6. The van der Waals surface area contributed by atoms with Crippen molar-refractivity contribution < 1.29 is 27.4 Å². The molecule has 0 saturated heterocycles. The Bertz CT molecular complexity index is 700. The molecular weight excluding hydrogens is 337 g/mol. The van der Waals surface area contributed by atoms with Crippen LogP contribution in [0.2, 0.25) is 0 Å². The molecule has 0 bridgehead atoms. The van der Waals surface area contributed by atoms with Crippen LogP contribution in [0.5, 0.6) is 0 Å². The lowest BCUT2D eigenvalue weighted by Crippen LogP contribution is -2.18. The fraction of sp³-hybridized carbons (Fsp3) is 0.429. The second-order valence-corrected chi connectivity index (χ2v) is 4.80. The number of fused-ring (bicyclic) bond motifs is 1. The molecule has 0 unspecified atom stereocenters. The van der Waals surface area contributed by atoms with Gasteiger partial charge in [-0.1, -0.05) is 0 Å². The summed E-state index contributed by atoms with van der Waals surface area (Å²) in [5.74, 6) is -0.0929. The first-order valence-corrected chi connectivity index (χ1v) is 7.32. The third kappa shape index (κ3) is 4.35. The van der Waals surface area contributed by atoms with Crippen molar-refractivity contribution in [3.8, 4) is 0 Å². The Morgan fingerprint density at radius 1 is 1.39 bits per heavy atom. The highest BCUT2D eigenvalue weighted by Crippen LogP contribution is 2.21. The minimum absolute atomic E-state index is 0.0233. The Hall–Kier alpha value is -1.80. The van der Waals surface area contributed by atoms with Crippen molar-refractivity contribution in [1.29, 1.82) is 0 Å².